The molecule has 1 aromatic heterocycles. The van der Waals surface area contributed by atoms with Gasteiger partial charge in [0.15, 0.2) is 5.15 Å². The lowest BCUT2D eigenvalue weighted by Gasteiger charge is -2.06. The van der Waals surface area contributed by atoms with Gasteiger partial charge in [-0.3, -0.25) is 10.1 Å². The van der Waals surface area contributed by atoms with Crippen LogP contribution in [0.15, 0.2) is 29.0 Å². The van der Waals surface area contributed by atoms with Gasteiger partial charge < -0.3 is 4.74 Å². The van der Waals surface area contributed by atoms with Crippen molar-refractivity contribution in [2.45, 2.75) is 0 Å². The zero-order chi connectivity index (χ0) is 14.0. The SMILES string of the molecule is O=[N+]([O-])c1cc(Br)c(F)cc1Oc1nccnc1Cl. The summed E-state index contributed by atoms with van der Waals surface area (Å²) in [6.07, 6.45) is 2.62. The normalized spacial score (nSPS) is 10.3. The van der Waals surface area contributed by atoms with Gasteiger partial charge in [0.2, 0.25) is 5.75 Å². The van der Waals surface area contributed by atoms with Gasteiger partial charge in [0.25, 0.3) is 5.88 Å². The van der Waals surface area contributed by atoms with Crippen molar-refractivity contribution < 1.29 is 14.1 Å². The van der Waals surface area contributed by atoms with E-state index < -0.39 is 16.4 Å². The molecule has 1 aromatic carbocycles. The van der Waals surface area contributed by atoms with E-state index in [1.807, 2.05) is 0 Å². The molecule has 0 N–H and O–H groups in total. The summed E-state index contributed by atoms with van der Waals surface area (Å²) < 4.78 is 18.5. The Kier molecular flexibility index (Phi) is 3.91. The largest absolute Gasteiger partial charge is 0.429 e. The van der Waals surface area contributed by atoms with Gasteiger partial charge >= 0.3 is 5.69 Å². The third kappa shape index (κ3) is 2.96. The summed E-state index contributed by atoms with van der Waals surface area (Å²) in [6.45, 7) is 0. The molecule has 0 unspecified atom stereocenters. The van der Waals surface area contributed by atoms with Crippen molar-refractivity contribution in [3.63, 3.8) is 0 Å². The maximum absolute atomic E-state index is 13.4. The zero-order valence-electron chi connectivity index (χ0n) is 9.01. The molecule has 1 heterocycles. The summed E-state index contributed by atoms with van der Waals surface area (Å²) in [5.41, 5.74) is -0.421. The molecule has 0 aliphatic carbocycles. The molecule has 0 saturated heterocycles. The minimum absolute atomic E-state index is 0.0446. The molecule has 0 spiro atoms. The third-order valence-electron chi connectivity index (χ3n) is 2.03. The molecular formula is C10H4BrClFN3O3. The highest BCUT2D eigenvalue weighted by Crippen LogP contribution is 2.36. The molecule has 2 aromatic rings. The minimum atomic E-state index is -0.708. The second-order valence-electron chi connectivity index (χ2n) is 3.25. The van der Waals surface area contributed by atoms with Gasteiger partial charge in [0.05, 0.1) is 9.40 Å². The quantitative estimate of drug-likeness (QED) is 0.624. The van der Waals surface area contributed by atoms with Crippen LogP contribution in [0.3, 0.4) is 0 Å². The van der Waals surface area contributed by atoms with Crippen LogP contribution in [0.4, 0.5) is 10.1 Å². The van der Waals surface area contributed by atoms with Gasteiger partial charge in [-0.2, -0.15) is 0 Å². The molecule has 0 radical (unpaired) electrons. The highest BCUT2D eigenvalue weighted by atomic mass is 79.9. The van der Waals surface area contributed by atoms with Gasteiger partial charge in [0.1, 0.15) is 5.82 Å². The zero-order valence-corrected chi connectivity index (χ0v) is 11.4. The number of aromatic nitrogens is 2. The number of ether oxygens (including phenoxy) is 1. The van der Waals surface area contributed by atoms with Gasteiger partial charge in [-0.05, 0) is 15.9 Å². The third-order valence-corrected chi connectivity index (χ3v) is 2.89. The molecule has 0 amide bonds. The first-order valence-electron chi connectivity index (χ1n) is 4.77. The fourth-order valence-corrected chi connectivity index (χ4v) is 1.70. The average Bonchev–Trinajstić information content (AvgIpc) is 2.36. The lowest BCUT2D eigenvalue weighted by Crippen LogP contribution is -1.97. The molecule has 2 rings (SSSR count). The maximum atomic E-state index is 13.4. The van der Waals surface area contributed by atoms with E-state index in [9.17, 15) is 14.5 Å². The number of nitrogens with zero attached hydrogens (tertiary/aromatic N) is 3. The molecule has 0 bridgehead atoms. The monoisotopic (exact) mass is 347 g/mol. The topological polar surface area (TPSA) is 78.2 Å². The van der Waals surface area contributed by atoms with Crippen LogP contribution < -0.4 is 4.74 Å². The van der Waals surface area contributed by atoms with E-state index >= 15 is 0 Å². The number of halogens is 3. The summed E-state index contributed by atoms with van der Waals surface area (Å²) in [4.78, 5) is 17.6. The van der Waals surface area contributed by atoms with E-state index in [-0.39, 0.29) is 21.3 Å². The second-order valence-corrected chi connectivity index (χ2v) is 4.46. The van der Waals surface area contributed by atoms with Crippen LogP contribution in [-0.2, 0) is 0 Å². The van der Waals surface area contributed by atoms with Crippen LogP contribution in [0, 0.1) is 15.9 Å². The van der Waals surface area contributed by atoms with Crippen LogP contribution in [0.2, 0.25) is 5.15 Å². The Hall–Kier alpha value is -1.80. The molecule has 9 heteroatoms. The lowest BCUT2D eigenvalue weighted by atomic mass is 10.3. The van der Waals surface area contributed by atoms with Crippen molar-refractivity contribution in [3.05, 3.63) is 50.1 Å². The predicted octanol–water partition coefficient (Wildman–Crippen LogP) is 3.73. The first kappa shape index (κ1) is 13.6. The van der Waals surface area contributed by atoms with Crippen LogP contribution in [0.5, 0.6) is 11.6 Å². The fraction of sp³-hybridized carbons (Fsp3) is 0. The second kappa shape index (κ2) is 5.45. The van der Waals surface area contributed by atoms with Gasteiger partial charge in [0, 0.05) is 24.5 Å². The molecule has 0 atom stereocenters. The highest BCUT2D eigenvalue weighted by Gasteiger charge is 2.21. The van der Waals surface area contributed by atoms with Crippen molar-refractivity contribution in [2.75, 3.05) is 0 Å². The van der Waals surface area contributed by atoms with Crippen molar-refractivity contribution in [1.82, 2.24) is 9.97 Å². The van der Waals surface area contributed by atoms with Crippen LogP contribution in [0.25, 0.3) is 0 Å². The Morgan fingerprint density at radius 1 is 1.37 bits per heavy atom. The van der Waals surface area contributed by atoms with E-state index in [4.69, 9.17) is 16.3 Å². The number of nitro benzene ring substituents is 1. The number of benzene rings is 1. The summed E-state index contributed by atoms with van der Waals surface area (Å²) in [5.74, 6) is -1.16. The molecule has 0 aliphatic rings. The summed E-state index contributed by atoms with van der Waals surface area (Å²) >= 11 is 8.57. The van der Waals surface area contributed by atoms with Crippen molar-refractivity contribution in [1.29, 1.82) is 0 Å². The first-order chi connectivity index (χ1) is 8.99. The van der Waals surface area contributed by atoms with Crippen molar-refractivity contribution in [3.8, 4) is 11.6 Å². The number of rotatable bonds is 3. The minimum Gasteiger partial charge on any atom is -0.429 e. The van der Waals surface area contributed by atoms with E-state index in [2.05, 4.69) is 25.9 Å². The molecule has 19 heavy (non-hydrogen) atoms. The Morgan fingerprint density at radius 2 is 2.05 bits per heavy atom. The molecule has 98 valence electrons. The van der Waals surface area contributed by atoms with Crippen LogP contribution in [0.1, 0.15) is 0 Å². The van der Waals surface area contributed by atoms with Gasteiger partial charge in [-0.1, -0.05) is 11.6 Å². The molecular weight excluding hydrogens is 344 g/mol. The van der Waals surface area contributed by atoms with E-state index in [1.165, 1.54) is 12.4 Å². The van der Waals surface area contributed by atoms with Gasteiger partial charge in [-0.25, -0.2) is 14.4 Å². The number of hydrogen-bond acceptors (Lipinski definition) is 5. The van der Waals surface area contributed by atoms with Crippen molar-refractivity contribution in [2.24, 2.45) is 0 Å². The molecule has 0 saturated carbocycles. The summed E-state index contributed by atoms with van der Waals surface area (Å²) in [6, 6.07) is 1.86. The van der Waals surface area contributed by atoms with Gasteiger partial charge in [-0.15, -0.1) is 0 Å². The molecule has 6 nitrogen and oxygen atoms in total. The molecule has 0 fully saturated rings. The van der Waals surface area contributed by atoms with Crippen molar-refractivity contribution >= 4 is 33.2 Å². The highest BCUT2D eigenvalue weighted by molar-refractivity contribution is 9.10. The lowest BCUT2D eigenvalue weighted by molar-refractivity contribution is -0.385. The Bertz CT molecular complexity index is 656. The van der Waals surface area contributed by atoms with Crippen LogP contribution in [-0.4, -0.2) is 14.9 Å². The predicted molar refractivity (Wildman–Crippen MR) is 67.9 cm³/mol. The van der Waals surface area contributed by atoms with E-state index in [0.717, 1.165) is 12.1 Å². The first-order valence-corrected chi connectivity index (χ1v) is 5.94. The van der Waals surface area contributed by atoms with E-state index in [0.29, 0.717) is 0 Å². The summed E-state index contributed by atoms with van der Waals surface area (Å²) in [5, 5.41) is 10.8. The Labute approximate surface area is 119 Å². The number of hydrogen-bond donors (Lipinski definition) is 0. The Balaban J connectivity index is 2.48. The number of nitro groups is 1. The summed E-state index contributed by atoms with van der Waals surface area (Å²) in [7, 11) is 0. The molecule has 0 aliphatic heterocycles. The van der Waals surface area contributed by atoms with E-state index in [1.54, 1.807) is 0 Å². The maximum Gasteiger partial charge on any atom is 0.312 e. The van der Waals surface area contributed by atoms with Crippen LogP contribution >= 0.6 is 27.5 Å². The Morgan fingerprint density at radius 3 is 2.68 bits per heavy atom. The standard InChI is InChI=1S/C10H4BrClFN3O3/c11-5-3-7(16(17)18)8(4-6(5)13)19-10-9(12)14-1-2-15-10/h1-4H. The fourth-order valence-electron chi connectivity index (χ4n) is 1.22. The average molecular weight is 349 g/mol. The smallest absolute Gasteiger partial charge is 0.312 e.